The Kier molecular flexibility index (Phi) is 7.12. The predicted molar refractivity (Wildman–Crippen MR) is 76.0 cm³/mol. The number of rotatable bonds is 8. The molecule has 0 spiro atoms. The summed E-state index contributed by atoms with van der Waals surface area (Å²) in [6.45, 7) is 6.30. The molecule has 2 unspecified atom stereocenters. The molecule has 2 nitrogen and oxygen atoms in total. The molecule has 2 atom stereocenters. The molecule has 0 bridgehead atoms. The van der Waals surface area contributed by atoms with Crippen molar-refractivity contribution in [3.63, 3.8) is 0 Å². The first-order chi connectivity index (χ1) is 8.19. The van der Waals surface area contributed by atoms with Gasteiger partial charge in [0.15, 0.2) is 0 Å². The average molecular weight is 276 g/mol. The number of thiophene rings is 1. The van der Waals surface area contributed by atoms with E-state index < -0.39 is 0 Å². The van der Waals surface area contributed by atoms with Crippen LogP contribution in [0.2, 0.25) is 4.34 Å². The molecule has 17 heavy (non-hydrogen) atoms. The summed E-state index contributed by atoms with van der Waals surface area (Å²) in [5.74, 6) is 0.552. The molecule has 0 aromatic carbocycles. The Morgan fingerprint density at radius 3 is 2.76 bits per heavy atom. The third-order valence-electron chi connectivity index (χ3n) is 2.86. The monoisotopic (exact) mass is 275 g/mol. The van der Waals surface area contributed by atoms with Crippen LogP contribution in [0, 0.1) is 5.92 Å². The van der Waals surface area contributed by atoms with Crippen LogP contribution in [0.15, 0.2) is 12.1 Å². The predicted octanol–water partition coefficient (Wildman–Crippen LogP) is 4.11. The summed E-state index contributed by atoms with van der Waals surface area (Å²) < 4.78 is 6.02. The first-order valence-corrected chi connectivity index (χ1v) is 7.36. The second kappa shape index (κ2) is 8.09. The van der Waals surface area contributed by atoms with Gasteiger partial charge in [-0.1, -0.05) is 25.4 Å². The highest BCUT2D eigenvalue weighted by Crippen LogP contribution is 2.32. The molecule has 1 aromatic rings. The van der Waals surface area contributed by atoms with Crippen molar-refractivity contribution < 1.29 is 4.74 Å². The van der Waals surface area contributed by atoms with Gasteiger partial charge in [-0.3, -0.25) is 0 Å². The lowest BCUT2D eigenvalue weighted by Gasteiger charge is -2.24. The molecule has 1 heterocycles. The third-order valence-corrected chi connectivity index (χ3v) is 4.18. The number of nitrogens with one attached hydrogen (secondary N) is 1. The van der Waals surface area contributed by atoms with Crippen LogP contribution in [0.1, 0.15) is 37.6 Å². The Morgan fingerprint density at radius 2 is 2.24 bits per heavy atom. The molecule has 0 aliphatic rings. The van der Waals surface area contributed by atoms with Gasteiger partial charge in [0.25, 0.3) is 0 Å². The standard InChI is InChI=1S/C13H22ClNOS/c1-4-8-15-13(10(2)7-9-16-3)11-5-6-12(14)17-11/h5-6,10,13,15H,4,7-9H2,1-3H3. The van der Waals surface area contributed by atoms with Crippen LogP contribution in [0.4, 0.5) is 0 Å². The van der Waals surface area contributed by atoms with Crippen LogP contribution in [-0.2, 0) is 4.74 Å². The maximum Gasteiger partial charge on any atom is 0.0931 e. The van der Waals surface area contributed by atoms with E-state index in [0.29, 0.717) is 12.0 Å². The van der Waals surface area contributed by atoms with Crippen molar-refractivity contribution in [2.24, 2.45) is 5.92 Å². The smallest absolute Gasteiger partial charge is 0.0931 e. The molecule has 1 N–H and O–H groups in total. The number of halogens is 1. The zero-order chi connectivity index (χ0) is 12.7. The van der Waals surface area contributed by atoms with E-state index in [1.165, 1.54) is 4.88 Å². The van der Waals surface area contributed by atoms with Crippen molar-refractivity contribution in [2.45, 2.75) is 32.7 Å². The first-order valence-electron chi connectivity index (χ1n) is 6.16. The van der Waals surface area contributed by atoms with Crippen molar-refractivity contribution in [3.05, 3.63) is 21.3 Å². The lowest BCUT2D eigenvalue weighted by molar-refractivity contribution is 0.170. The molecule has 0 aliphatic heterocycles. The van der Waals surface area contributed by atoms with Gasteiger partial charge >= 0.3 is 0 Å². The maximum absolute atomic E-state index is 6.01. The Morgan fingerprint density at radius 1 is 1.47 bits per heavy atom. The van der Waals surface area contributed by atoms with Gasteiger partial charge in [0.05, 0.1) is 4.34 Å². The zero-order valence-electron chi connectivity index (χ0n) is 10.8. The SMILES string of the molecule is CCCNC(c1ccc(Cl)s1)C(C)CCOC. The van der Waals surface area contributed by atoms with Gasteiger partial charge in [-0.15, -0.1) is 11.3 Å². The maximum atomic E-state index is 6.01. The molecular weight excluding hydrogens is 254 g/mol. The zero-order valence-corrected chi connectivity index (χ0v) is 12.4. The van der Waals surface area contributed by atoms with Crippen molar-refractivity contribution >= 4 is 22.9 Å². The van der Waals surface area contributed by atoms with E-state index in [1.807, 2.05) is 6.07 Å². The second-order valence-corrected chi connectivity index (χ2v) is 6.08. The number of methoxy groups -OCH3 is 1. The Labute approximate surface area is 113 Å². The Bertz CT molecular complexity index is 316. The van der Waals surface area contributed by atoms with E-state index in [2.05, 4.69) is 25.2 Å². The van der Waals surface area contributed by atoms with Crippen molar-refractivity contribution in [1.82, 2.24) is 5.32 Å². The first kappa shape index (κ1) is 15.0. The highest BCUT2D eigenvalue weighted by atomic mass is 35.5. The molecule has 0 saturated carbocycles. The summed E-state index contributed by atoms with van der Waals surface area (Å²) in [4.78, 5) is 1.33. The van der Waals surface area contributed by atoms with Gasteiger partial charge in [0.1, 0.15) is 0 Å². The molecular formula is C13H22ClNOS. The van der Waals surface area contributed by atoms with Crippen LogP contribution in [0.5, 0.6) is 0 Å². The molecule has 4 heteroatoms. The van der Waals surface area contributed by atoms with Crippen LogP contribution >= 0.6 is 22.9 Å². The van der Waals surface area contributed by atoms with Gasteiger partial charge in [-0.25, -0.2) is 0 Å². The van der Waals surface area contributed by atoms with Gasteiger partial charge in [-0.05, 0) is 37.4 Å². The van der Waals surface area contributed by atoms with Gasteiger partial charge in [-0.2, -0.15) is 0 Å². The minimum Gasteiger partial charge on any atom is -0.385 e. The van der Waals surface area contributed by atoms with Gasteiger partial charge < -0.3 is 10.1 Å². The Balaban J connectivity index is 2.65. The van der Waals surface area contributed by atoms with Crippen LogP contribution < -0.4 is 5.32 Å². The average Bonchev–Trinajstić information content (AvgIpc) is 2.73. The van der Waals surface area contributed by atoms with Crippen molar-refractivity contribution in [3.8, 4) is 0 Å². The number of hydrogen-bond acceptors (Lipinski definition) is 3. The van der Waals surface area contributed by atoms with E-state index in [-0.39, 0.29) is 0 Å². The molecule has 0 amide bonds. The molecule has 1 rings (SSSR count). The number of ether oxygens (including phenoxy) is 1. The molecule has 1 aromatic heterocycles. The van der Waals surface area contributed by atoms with Gasteiger partial charge in [0.2, 0.25) is 0 Å². The third kappa shape index (κ3) is 4.96. The topological polar surface area (TPSA) is 21.3 Å². The minimum atomic E-state index is 0.391. The second-order valence-electron chi connectivity index (χ2n) is 4.33. The van der Waals surface area contributed by atoms with Crippen LogP contribution in [0.25, 0.3) is 0 Å². The lowest BCUT2D eigenvalue weighted by atomic mass is 9.97. The van der Waals surface area contributed by atoms with E-state index in [0.717, 1.165) is 30.3 Å². The van der Waals surface area contributed by atoms with Crippen molar-refractivity contribution in [2.75, 3.05) is 20.3 Å². The van der Waals surface area contributed by atoms with E-state index in [4.69, 9.17) is 16.3 Å². The number of hydrogen-bond donors (Lipinski definition) is 1. The summed E-state index contributed by atoms with van der Waals surface area (Å²) in [6.07, 6.45) is 2.21. The fraction of sp³-hybridized carbons (Fsp3) is 0.692. The summed E-state index contributed by atoms with van der Waals surface area (Å²) in [6, 6.07) is 4.50. The highest BCUT2D eigenvalue weighted by Gasteiger charge is 2.19. The quantitative estimate of drug-likeness (QED) is 0.771. The molecule has 0 radical (unpaired) electrons. The normalized spacial score (nSPS) is 14.8. The minimum absolute atomic E-state index is 0.391. The van der Waals surface area contributed by atoms with Gasteiger partial charge in [0, 0.05) is 24.6 Å². The van der Waals surface area contributed by atoms with Crippen molar-refractivity contribution in [1.29, 1.82) is 0 Å². The fourth-order valence-electron chi connectivity index (χ4n) is 1.85. The Hall–Kier alpha value is -0.0900. The molecule has 0 aliphatic carbocycles. The molecule has 0 saturated heterocycles. The summed E-state index contributed by atoms with van der Waals surface area (Å²) in [7, 11) is 1.75. The molecule has 98 valence electrons. The van der Waals surface area contributed by atoms with E-state index >= 15 is 0 Å². The van der Waals surface area contributed by atoms with E-state index in [1.54, 1.807) is 18.4 Å². The fourth-order valence-corrected chi connectivity index (χ4v) is 3.12. The molecule has 0 fully saturated rings. The van der Waals surface area contributed by atoms with E-state index in [9.17, 15) is 0 Å². The highest BCUT2D eigenvalue weighted by molar-refractivity contribution is 7.16. The lowest BCUT2D eigenvalue weighted by Crippen LogP contribution is -2.27. The summed E-state index contributed by atoms with van der Waals surface area (Å²) in [5.41, 5.74) is 0. The van der Waals surface area contributed by atoms with Crippen LogP contribution in [-0.4, -0.2) is 20.3 Å². The largest absolute Gasteiger partial charge is 0.385 e. The van der Waals surface area contributed by atoms with Crippen LogP contribution in [0.3, 0.4) is 0 Å². The summed E-state index contributed by atoms with van der Waals surface area (Å²) >= 11 is 7.68. The summed E-state index contributed by atoms with van der Waals surface area (Å²) in [5, 5.41) is 3.60.